The highest BCUT2D eigenvalue weighted by molar-refractivity contribution is 5.32. The number of hydrogen-bond donors (Lipinski definition) is 1. The minimum absolute atomic E-state index is 0.00834. The van der Waals surface area contributed by atoms with E-state index in [2.05, 4.69) is 19.2 Å². The number of aromatic nitrogens is 2. The number of ether oxygens (including phenoxy) is 1. The fraction of sp³-hybridized carbons (Fsp3) is 0.750. The molecule has 0 saturated heterocycles. The van der Waals surface area contributed by atoms with Crippen LogP contribution in [0.4, 0.5) is 0 Å². The summed E-state index contributed by atoms with van der Waals surface area (Å²) in [6.45, 7) is 6.29. The summed E-state index contributed by atoms with van der Waals surface area (Å²) in [4.78, 5) is 9.76. The van der Waals surface area contributed by atoms with Gasteiger partial charge in [-0.2, -0.15) is 0 Å². The van der Waals surface area contributed by atoms with Crippen molar-refractivity contribution in [3.05, 3.63) is 22.8 Å². The molecule has 110 valence electrons. The summed E-state index contributed by atoms with van der Waals surface area (Å²) in [6, 6.07) is 0. The van der Waals surface area contributed by atoms with E-state index in [0.29, 0.717) is 11.8 Å². The molecular formula is C16H25N3O. The van der Waals surface area contributed by atoms with Crippen molar-refractivity contribution in [2.24, 2.45) is 5.92 Å². The highest BCUT2D eigenvalue weighted by atomic mass is 16.5. The number of nitrogens with one attached hydrogen (secondary N) is 1. The van der Waals surface area contributed by atoms with Crippen LogP contribution in [0.25, 0.3) is 0 Å². The molecule has 4 heteroatoms. The Morgan fingerprint density at radius 3 is 2.65 bits per heavy atom. The molecule has 1 aliphatic carbocycles. The number of fused-ring (bicyclic) bond motifs is 1. The van der Waals surface area contributed by atoms with Crippen LogP contribution in [0, 0.1) is 5.92 Å². The minimum atomic E-state index is 0.00834. The molecule has 0 amide bonds. The van der Waals surface area contributed by atoms with Gasteiger partial charge in [-0.1, -0.05) is 20.3 Å². The third-order valence-electron chi connectivity index (χ3n) is 4.59. The van der Waals surface area contributed by atoms with Crippen LogP contribution < -0.4 is 5.32 Å². The third-order valence-corrected chi connectivity index (χ3v) is 4.59. The van der Waals surface area contributed by atoms with E-state index in [1.165, 1.54) is 36.2 Å². The van der Waals surface area contributed by atoms with E-state index in [0.717, 1.165) is 25.3 Å². The van der Waals surface area contributed by atoms with Crippen LogP contribution in [-0.4, -0.2) is 23.6 Å². The Hall–Kier alpha value is -1.00. The Kier molecular flexibility index (Phi) is 4.03. The van der Waals surface area contributed by atoms with Crippen molar-refractivity contribution in [2.45, 2.75) is 58.1 Å². The zero-order chi connectivity index (χ0) is 14.1. The first-order valence-corrected chi connectivity index (χ1v) is 7.83. The largest absolute Gasteiger partial charge is 0.373 e. The average molecular weight is 275 g/mol. The van der Waals surface area contributed by atoms with E-state index in [-0.39, 0.29) is 6.10 Å². The summed E-state index contributed by atoms with van der Waals surface area (Å²) >= 11 is 0. The lowest BCUT2D eigenvalue weighted by atomic mass is 9.80. The molecule has 2 heterocycles. The van der Waals surface area contributed by atoms with Gasteiger partial charge in [-0.3, -0.25) is 0 Å². The minimum Gasteiger partial charge on any atom is -0.373 e. The maximum absolute atomic E-state index is 5.63. The smallest absolute Gasteiger partial charge is 0.157 e. The van der Waals surface area contributed by atoms with E-state index < -0.39 is 0 Å². The fourth-order valence-electron chi connectivity index (χ4n) is 3.21. The molecule has 2 aliphatic rings. The quantitative estimate of drug-likeness (QED) is 0.918. The zero-order valence-corrected chi connectivity index (χ0v) is 12.8. The second kappa shape index (κ2) is 5.78. The van der Waals surface area contributed by atoms with Gasteiger partial charge in [0.15, 0.2) is 5.82 Å². The monoisotopic (exact) mass is 275 g/mol. The van der Waals surface area contributed by atoms with Crippen molar-refractivity contribution in [1.82, 2.24) is 15.3 Å². The van der Waals surface area contributed by atoms with Crippen LogP contribution in [0.5, 0.6) is 0 Å². The molecule has 1 aliphatic heterocycles. The number of rotatable bonds is 4. The molecule has 1 aromatic rings. The molecule has 1 aromatic heterocycles. The number of hydrogen-bond acceptors (Lipinski definition) is 4. The second-order valence-electron chi connectivity index (χ2n) is 6.35. The van der Waals surface area contributed by atoms with Crippen molar-refractivity contribution in [1.29, 1.82) is 0 Å². The van der Waals surface area contributed by atoms with Gasteiger partial charge in [-0.05, 0) is 18.8 Å². The average Bonchev–Trinajstić information content (AvgIpc) is 2.37. The van der Waals surface area contributed by atoms with Gasteiger partial charge in [-0.15, -0.1) is 0 Å². The second-order valence-corrected chi connectivity index (χ2v) is 6.35. The fourth-order valence-corrected chi connectivity index (χ4v) is 3.21. The van der Waals surface area contributed by atoms with Crippen molar-refractivity contribution in [3.8, 4) is 0 Å². The maximum Gasteiger partial charge on any atom is 0.157 e. The Morgan fingerprint density at radius 1 is 1.25 bits per heavy atom. The predicted molar refractivity (Wildman–Crippen MR) is 78.6 cm³/mol. The first-order chi connectivity index (χ1) is 9.70. The van der Waals surface area contributed by atoms with E-state index in [1.807, 2.05) is 0 Å². The van der Waals surface area contributed by atoms with Gasteiger partial charge in [0, 0.05) is 38.1 Å². The Labute approximate surface area is 121 Å². The van der Waals surface area contributed by atoms with Gasteiger partial charge in [0.05, 0.1) is 11.4 Å². The number of methoxy groups -OCH3 is 1. The molecule has 4 nitrogen and oxygen atoms in total. The lowest BCUT2D eigenvalue weighted by Gasteiger charge is -2.31. The van der Waals surface area contributed by atoms with Crippen LogP contribution in [0.1, 0.15) is 67.9 Å². The third kappa shape index (κ3) is 2.47. The highest BCUT2D eigenvalue weighted by Crippen LogP contribution is 2.39. The molecule has 3 rings (SSSR count). The van der Waals surface area contributed by atoms with Crippen molar-refractivity contribution in [3.63, 3.8) is 0 Å². The van der Waals surface area contributed by atoms with E-state index in [4.69, 9.17) is 14.7 Å². The Balaban J connectivity index is 2.02. The van der Waals surface area contributed by atoms with Crippen LogP contribution in [0.2, 0.25) is 0 Å². The molecular weight excluding hydrogens is 250 g/mol. The molecule has 1 saturated carbocycles. The predicted octanol–water partition coefficient (Wildman–Crippen LogP) is 2.73. The molecule has 1 N–H and O–H groups in total. The molecule has 1 unspecified atom stereocenters. The topological polar surface area (TPSA) is 47.0 Å². The van der Waals surface area contributed by atoms with Crippen molar-refractivity contribution < 1.29 is 4.74 Å². The van der Waals surface area contributed by atoms with E-state index >= 15 is 0 Å². The van der Waals surface area contributed by atoms with Crippen molar-refractivity contribution >= 4 is 0 Å². The van der Waals surface area contributed by atoms with Gasteiger partial charge >= 0.3 is 0 Å². The Morgan fingerprint density at radius 2 is 2.05 bits per heavy atom. The first-order valence-electron chi connectivity index (χ1n) is 7.83. The zero-order valence-electron chi connectivity index (χ0n) is 12.8. The van der Waals surface area contributed by atoms with Gasteiger partial charge in [0.1, 0.15) is 6.10 Å². The van der Waals surface area contributed by atoms with Gasteiger partial charge in [-0.25, -0.2) is 9.97 Å². The molecule has 0 aromatic carbocycles. The summed E-state index contributed by atoms with van der Waals surface area (Å²) in [5.41, 5.74) is 3.91. The summed E-state index contributed by atoms with van der Waals surface area (Å²) in [6.07, 6.45) is 4.92. The summed E-state index contributed by atoms with van der Waals surface area (Å²) in [5.74, 6) is 1.94. The van der Waals surface area contributed by atoms with Gasteiger partial charge in [0.2, 0.25) is 0 Å². The summed E-state index contributed by atoms with van der Waals surface area (Å²) in [7, 11) is 1.76. The molecule has 0 radical (unpaired) electrons. The van der Waals surface area contributed by atoms with Crippen LogP contribution in [-0.2, 0) is 17.7 Å². The molecule has 0 spiro atoms. The van der Waals surface area contributed by atoms with Crippen LogP contribution in [0.3, 0.4) is 0 Å². The SMILES string of the molecule is COC(c1nc2c(c(C3CCC3)n1)CNCC2)C(C)C. The normalized spacial score (nSPS) is 20.6. The van der Waals surface area contributed by atoms with Crippen molar-refractivity contribution in [2.75, 3.05) is 13.7 Å². The van der Waals surface area contributed by atoms with E-state index in [1.54, 1.807) is 7.11 Å². The maximum atomic E-state index is 5.63. The molecule has 0 bridgehead atoms. The van der Waals surface area contributed by atoms with Gasteiger partial charge in [0.25, 0.3) is 0 Å². The Bertz CT molecular complexity index is 483. The highest BCUT2D eigenvalue weighted by Gasteiger charge is 2.29. The van der Waals surface area contributed by atoms with Gasteiger partial charge < -0.3 is 10.1 Å². The summed E-state index contributed by atoms with van der Waals surface area (Å²) in [5, 5.41) is 3.46. The number of nitrogens with zero attached hydrogens (tertiary/aromatic N) is 2. The first kappa shape index (κ1) is 14.0. The molecule has 1 fully saturated rings. The van der Waals surface area contributed by atoms with Crippen LogP contribution >= 0.6 is 0 Å². The lowest BCUT2D eigenvalue weighted by molar-refractivity contribution is 0.0568. The van der Waals surface area contributed by atoms with Crippen LogP contribution in [0.15, 0.2) is 0 Å². The lowest BCUT2D eigenvalue weighted by Crippen LogP contribution is -2.30. The van der Waals surface area contributed by atoms with E-state index in [9.17, 15) is 0 Å². The molecule has 20 heavy (non-hydrogen) atoms. The standard InChI is InChI=1S/C16H25N3O/c1-10(2)15(20-3)16-18-13-7-8-17-9-12(13)14(19-16)11-5-4-6-11/h10-11,15,17H,4-9H2,1-3H3. The summed E-state index contributed by atoms with van der Waals surface area (Å²) < 4.78 is 5.63. The molecule has 1 atom stereocenters.